The quantitative estimate of drug-likeness (QED) is 0.913. The third-order valence-corrected chi connectivity index (χ3v) is 7.87. The molecule has 5 fully saturated rings. The van der Waals surface area contributed by atoms with Crippen LogP contribution in [0.4, 0.5) is 5.13 Å². The van der Waals surface area contributed by atoms with Crippen LogP contribution in [0.3, 0.4) is 0 Å². The summed E-state index contributed by atoms with van der Waals surface area (Å²) in [5.74, 6) is 2.92. The summed E-state index contributed by atoms with van der Waals surface area (Å²) >= 11 is 1.71. The number of hydrogen-bond acceptors (Lipinski definition) is 4. The number of amides is 1. The summed E-state index contributed by atoms with van der Waals surface area (Å²) in [4.78, 5) is 19.9. The van der Waals surface area contributed by atoms with Crippen LogP contribution in [0.15, 0.2) is 11.6 Å². The van der Waals surface area contributed by atoms with Gasteiger partial charge in [0.25, 0.3) is 0 Å². The van der Waals surface area contributed by atoms with Gasteiger partial charge in [-0.3, -0.25) is 4.79 Å². The highest BCUT2D eigenvalue weighted by atomic mass is 32.1. The van der Waals surface area contributed by atoms with Gasteiger partial charge in [-0.25, -0.2) is 4.98 Å². The molecule has 1 saturated heterocycles. The van der Waals surface area contributed by atoms with Crippen LogP contribution >= 0.6 is 11.3 Å². The van der Waals surface area contributed by atoms with E-state index < -0.39 is 0 Å². The summed E-state index contributed by atoms with van der Waals surface area (Å²) in [6, 6.07) is 0.363. The zero-order valence-corrected chi connectivity index (χ0v) is 15.1. The van der Waals surface area contributed by atoms with E-state index in [1.54, 1.807) is 11.3 Å². The van der Waals surface area contributed by atoms with Crippen molar-refractivity contribution in [2.24, 2.45) is 23.2 Å². The maximum absolute atomic E-state index is 13.1. The van der Waals surface area contributed by atoms with Crippen molar-refractivity contribution in [2.45, 2.75) is 57.4 Å². The predicted molar refractivity (Wildman–Crippen MR) is 96.1 cm³/mol. The van der Waals surface area contributed by atoms with Gasteiger partial charge in [0, 0.05) is 36.1 Å². The lowest BCUT2D eigenvalue weighted by Crippen LogP contribution is -2.56. The largest absolute Gasteiger partial charge is 0.353 e. The molecule has 1 N–H and O–H groups in total. The molecule has 1 aliphatic heterocycles. The summed E-state index contributed by atoms with van der Waals surface area (Å²) in [5, 5.41) is 6.62. The van der Waals surface area contributed by atoms with Crippen LogP contribution in [-0.4, -0.2) is 30.0 Å². The average Bonchev–Trinajstić information content (AvgIpc) is 3.09. The van der Waals surface area contributed by atoms with Crippen molar-refractivity contribution in [3.8, 4) is 0 Å². The molecule has 4 aliphatic carbocycles. The molecule has 1 aromatic heterocycles. The standard InChI is InChI=1S/C19H27N3OS/c23-17(19-10-13-7-14(11-19)9-15(8-13)12-19)21-16-1-4-22(5-2-16)18-20-3-6-24-18/h3,6,13-16H,1-2,4-5,7-12H2,(H,21,23). The van der Waals surface area contributed by atoms with Gasteiger partial charge in [0.2, 0.25) is 5.91 Å². The van der Waals surface area contributed by atoms with Crippen molar-refractivity contribution in [3.63, 3.8) is 0 Å². The number of piperidine rings is 1. The minimum absolute atomic E-state index is 0.00118. The summed E-state index contributed by atoms with van der Waals surface area (Å²) in [5.41, 5.74) is 0.00118. The van der Waals surface area contributed by atoms with Crippen molar-refractivity contribution in [2.75, 3.05) is 18.0 Å². The van der Waals surface area contributed by atoms with Crippen molar-refractivity contribution in [1.82, 2.24) is 10.3 Å². The molecule has 5 aliphatic rings. The molecule has 5 heteroatoms. The van der Waals surface area contributed by atoms with Crippen molar-refractivity contribution >= 4 is 22.4 Å². The molecule has 0 atom stereocenters. The van der Waals surface area contributed by atoms with Crippen LogP contribution in [-0.2, 0) is 4.79 Å². The molecule has 130 valence electrons. The fraction of sp³-hybridized carbons (Fsp3) is 0.789. The van der Waals surface area contributed by atoms with Crippen molar-refractivity contribution in [1.29, 1.82) is 0 Å². The van der Waals surface area contributed by atoms with E-state index in [1.165, 1.54) is 38.5 Å². The Hall–Kier alpha value is -1.10. The highest BCUT2D eigenvalue weighted by molar-refractivity contribution is 7.13. The van der Waals surface area contributed by atoms with Crippen LogP contribution in [0, 0.1) is 23.2 Å². The molecule has 0 unspecified atom stereocenters. The van der Waals surface area contributed by atoms with E-state index in [0.29, 0.717) is 11.9 Å². The zero-order chi connectivity index (χ0) is 16.1. The molecule has 4 bridgehead atoms. The average molecular weight is 346 g/mol. The number of anilines is 1. The van der Waals surface area contributed by atoms with Crippen LogP contribution < -0.4 is 10.2 Å². The Morgan fingerprint density at radius 2 is 1.75 bits per heavy atom. The topological polar surface area (TPSA) is 45.2 Å². The Kier molecular flexibility index (Phi) is 3.62. The lowest BCUT2D eigenvalue weighted by molar-refractivity contribution is -0.147. The van der Waals surface area contributed by atoms with Gasteiger partial charge in [0.1, 0.15) is 0 Å². The molecule has 0 radical (unpaired) electrons. The monoisotopic (exact) mass is 345 g/mol. The van der Waals surface area contributed by atoms with Crippen LogP contribution in [0.5, 0.6) is 0 Å². The number of carbonyl (C=O) groups excluding carboxylic acids is 1. The summed E-state index contributed by atoms with van der Waals surface area (Å²) in [7, 11) is 0. The maximum Gasteiger partial charge on any atom is 0.226 e. The van der Waals surface area contributed by atoms with Gasteiger partial charge >= 0.3 is 0 Å². The van der Waals surface area contributed by atoms with Gasteiger partial charge in [-0.05, 0) is 69.1 Å². The Morgan fingerprint density at radius 1 is 1.12 bits per heavy atom. The van der Waals surface area contributed by atoms with E-state index >= 15 is 0 Å². The van der Waals surface area contributed by atoms with E-state index in [1.807, 2.05) is 11.6 Å². The summed E-state index contributed by atoms with van der Waals surface area (Å²) in [6.45, 7) is 2.03. The van der Waals surface area contributed by atoms with Crippen LogP contribution in [0.2, 0.25) is 0 Å². The smallest absolute Gasteiger partial charge is 0.226 e. The number of hydrogen-bond donors (Lipinski definition) is 1. The fourth-order valence-electron chi connectivity index (χ4n) is 6.31. The van der Waals surface area contributed by atoms with Crippen LogP contribution in [0.25, 0.3) is 0 Å². The van der Waals surface area contributed by atoms with Gasteiger partial charge in [-0.15, -0.1) is 11.3 Å². The third-order valence-electron chi connectivity index (χ3n) is 7.04. The zero-order valence-electron chi connectivity index (χ0n) is 14.2. The predicted octanol–water partition coefficient (Wildman–Crippen LogP) is 3.44. The van der Waals surface area contributed by atoms with Gasteiger partial charge in [0.15, 0.2) is 5.13 Å². The van der Waals surface area contributed by atoms with Gasteiger partial charge in [-0.2, -0.15) is 0 Å². The number of aromatic nitrogens is 1. The molecule has 2 heterocycles. The first-order chi connectivity index (χ1) is 11.7. The van der Waals surface area contributed by atoms with Crippen molar-refractivity contribution < 1.29 is 4.79 Å². The molecule has 1 amide bonds. The molecule has 1 aromatic rings. The number of nitrogens with one attached hydrogen (secondary N) is 1. The first-order valence-corrected chi connectivity index (χ1v) is 10.5. The number of thiazole rings is 1. The van der Waals surface area contributed by atoms with Gasteiger partial charge in [-0.1, -0.05) is 0 Å². The minimum atomic E-state index is 0.00118. The molecule has 6 rings (SSSR count). The second-order valence-corrected chi connectivity index (χ2v) is 9.62. The number of nitrogens with zero attached hydrogens (tertiary/aromatic N) is 2. The van der Waals surface area contributed by atoms with E-state index in [9.17, 15) is 4.79 Å². The number of carbonyl (C=O) groups is 1. The first kappa shape index (κ1) is 15.2. The fourth-order valence-corrected chi connectivity index (χ4v) is 7.01. The Labute approximate surface area is 148 Å². The maximum atomic E-state index is 13.1. The van der Waals surface area contributed by atoms with Gasteiger partial charge < -0.3 is 10.2 Å². The highest BCUT2D eigenvalue weighted by Gasteiger charge is 2.54. The molecule has 4 saturated carbocycles. The molecule has 0 spiro atoms. The highest BCUT2D eigenvalue weighted by Crippen LogP contribution is 2.60. The molecular formula is C19H27N3OS. The Bertz CT molecular complexity index is 571. The minimum Gasteiger partial charge on any atom is -0.353 e. The Balaban J connectivity index is 1.21. The second kappa shape index (κ2) is 5.72. The first-order valence-electron chi connectivity index (χ1n) is 9.66. The third kappa shape index (κ3) is 2.56. The SMILES string of the molecule is O=C(NC1CCN(c2nccs2)CC1)C12CC3CC(CC(C3)C1)C2. The van der Waals surface area contributed by atoms with E-state index in [2.05, 4.69) is 15.2 Å². The normalized spacial score (nSPS) is 38.5. The molecule has 4 nitrogen and oxygen atoms in total. The Morgan fingerprint density at radius 3 is 2.29 bits per heavy atom. The van der Waals surface area contributed by atoms with E-state index in [-0.39, 0.29) is 5.41 Å². The number of rotatable bonds is 3. The summed E-state index contributed by atoms with van der Waals surface area (Å²) < 4.78 is 0. The van der Waals surface area contributed by atoms with Crippen LogP contribution in [0.1, 0.15) is 51.4 Å². The van der Waals surface area contributed by atoms with E-state index in [4.69, 9.17) is 0 Å². The van der Waals surface area contributed by atoms with E-state index in [0.717, 1.165) is 48.8 Å². The molecule has 0 aromatic carbocycles. The summed E-state index contributed by atoms with van der Waals surface area (Å²) in [6.07, 6.45) is 11.7. The molecule has 24 heavy (non-hydrogen) atoms. The van der Waals surface area contributed by atoms with Gasteiger partial charge in [0.05, 0.1) is 0 Å². The second-order valence-electron chi connectivity index (χ2n) is 8.75. The lowest BCUT2D eigenvalue weighted by Gasteiger charge is -2.56. The molecular weight excluding hydrogens is 318 g/mol. The lowest BCUT2D eigenvalue weighted by atomic mass is 9.49. The van der Waals surface area contributed by atoms with Crippen molar-refractivity contribution in [3.05, 3.63) is 11.6 Å².